The fourth-order valence-electron chi connectivity index (χ4n) is 2.29. The molecule has 1 heterocycles. The Kier molecular flexibility index (Phi) is 5.52. The number of halogens is 1. The molecule has 0 aliphatic heterocycles. The second-order valence-electron chi connectivity index (χ2n) is 5.71. The van der Waals surface area contributed by atoms with Crippen LogP contribution in [0.5, 0.6) is 0 Å². The topological polar surface area (TPSA) is 85.8 Å². The highest BCUT2D eigenvalue weighted by atomic mass is 32.2. The van der Waals surface area contributed by atoms with Crippen molar-refractivity contribution in [2.24, 2.45) is 0 Å². The maximum absolute atomic E-state index is 13.9. The minimum atomic E-state index is -0.431. The van der Waals surface area contributed by atoms with Gasteiger partial charge in [-0.15, -0.1) is 10.2 Å². The highest BCUT2D eigenvalue weighted by Gasteiger charge is 2.16. The monoisotopic (exact) mass is 371 g/mol. The molecule has 26 heavy (non-hydrogen) atoms. The lowest BCUT2D eigenvalue weighted by Gasteiger charge is -2.06. The van der Waals surface area contributed by atoms with Gasteiger partial charge in [-0.05, 0) is 24.6 Å². The third kappa shape index (κ3) is 4.20. The van der Waals surface area contributed by atoms with E-state index in [2.05, 4.69) is 15.5 Å². The second-order valence-corrected chi connectivity index (χ2v) is 6.65. The summed E-state index contributed by atoms with van der Waals surface area (Å²) in [6.07, 6.45) is 0. The molecule has 1 aromatic heterocycles. The van der Waals surface area contributed by atoms with E-state index < -0.39 is 5.82 Å². The molecule has 8 heteroatoms. The van der Waals surface area contributed by atoms with Crippen LogP contribution in [-0.2, 0) is 11.3 Å². The van der Waals surface area contributed by atoms with Crippen LogP contribution in [0.4, 0.5) is 4.39 Å². The van der Waals surface area contributed by atoms with Crippen LogP contribution in [0.15, 0.2) is 53.7 Å². The summed E-state index contributed by atoms with van der Waals surface area (Å²) in [7, 11) is 0. The van der Waals surface area contributed by atoms with E-state index in [1.54, 1.807) is 18.2 Å². The maximum atomic E-state index is 13.9. The van der Waals surface area contributed by atoms with E-state index in [0.29, 0.717) is 11.7 Å². The summed E-state index contributed by atoms with van der Waals surface area (Å²) in [5.74, 6) is 5.71. The summed E-state index contributed by atoms with van der Waals surface area (Å²) >= 11 is 1.14. The number of carbonyl (C=O) groups is 1. The van der Waals surface area contributed by atoms with Crippen LogP contribution in [0.2, 0.25) is 0 Å². The van der Waals surface area contributed by atoms with E-state index in [1.165, 1.54) is 16.3 Å². The molecule has 2 aromatic carbocycles. The van der Waals surface area contributed by atoms with Crippen LogP contribution in [0, 0.1) is 12.7 Å². The average molecular weight is 371 g/mol. The van der Waals surface area contributed by atoms with E-state index in [-0.39, 0.29) is 23.0 Å². The molecule has 134 valence electrons. The second kappa shape index (κ2) is 8.01. The summed E-state index contributed by atoms with van der Waals surface area (Å²) in [5, 5.41) is 11.0. The van der Waals surface area contributed by atoms with Crippen molar-refractivity contribution in [3.63, 3.8) is 0 Å². The molecular weight excluding hydrogens is 353 g/mol. The first kappa shape index (κ1) is 17.9. The van der Waals surface area contributed by atoms with Crippen LogP contribution in [0.25, 0.3) is 11.4 Å². The summed E-state index contributed by atoms with van der Waals surface area (Å²) in [6.45, 7) is 2.47. The molecule has 0 aliphatic rings. The molecule has 0 saturated heterocycles. The number of thioether (sulfide) groups is 1. The zero-order chi connectivity index (χ0) is 18.5. The first-order valence-electron chi connectivity index (χ1n) is 7.95. The highest BCUT2D eigenvalue weighted by Crippen LogP contribution is 2.23. The van der Waals surface area contributed by atoms with Crippen LogP contribution >= 0.6 is 11.8 Å². The molecule has 3 N–H and O–H groups in total. The summed E-state index contributed by atoms with van der Waals surface area (Å²) in [5.41, 5.74) is 2.46. The van der Waals surface area contributed by atoms with Gasteiger partial charge >= 0.3 is 0 Å². The number of hydrogen-bond donors (Lipinski definition) is 2. The molecule has 6 nitrogen and oxygen atoms in total. The Morgan fingerprint density at radius 2 is 1.92 bits per heavy atom. The Hall–Kier alpha value is -2.87. The van der Waals surface area contributed by atoms with E-state index >= 15 is 0 Å². The van der Waals surface area contributed by atoms with Crippen molar-refractivity contribution in [3.8, 4) is 11.4 Å². The normalized spacial score (nSPS) is 10.7. The number of rotatable bonds is 6. The highest BCUT2D eigenvalue weighted by molar-refractivity contribution is 7.99. The van der Waals surface area contributed by atoms with Gasteiger partial charge in [-0.2, -0.15) is 0 Å². The molecule has 3 rings (SSSR count). The Balaban J connectivity index is 1.57. The summed E-state index contributed by atoms with van der Waals surface area (Å²) < 4.78 is 15.0. The standard InChI is InChI=1S/C18H18FN5OS/c1-12-6-8-13(9-7-12)10-21-16(25)11-26-18-23-22-17(24(18)20)14-4-2-3-5-15(14)19/h2-9H,10-11,20H2,1H3,(H,21,25). The number of aromatic nitrogens is 3. The van der Waals surface area contributed by atoms with Gasteiger partial charge in [0.2, 0.25) is 11.1 Å². The van der Waals surface area contributed by atoms with E-state index in [0.717, 1.165) is 17.3 Å². The number of nitrogens with zero attached hydrogens (tertiary/aromatic N) is 3. The first-order valence-corrected chi connectivity index (χ1v) is 8.93. The van der Waals surface area contributed by atoms with Gasteiger partial charge in [0.25, 0.3) is 0 Å². The molecule has 0 aliphatic carbocycles. The Morgan fingerprint density at radius 1 is 1.19 bits per heavy atom. The SMILES string of the molecule is Cc1ccc(CNC(=O)CSc2nnc(-c3ccccc3F)n2N)cc1. The van der Waals surface area contributed by atoms with E-state index in [1.807, 2.05) is 31.2 Å². The summed E-state index contributed by atoms with van der Waals surface area (Å²) in [4.78, 5) is 12.0. The van der Waals surface area contributed by atoms with Gasteiger partial charge in [-0.25, -0.2) is 9.07 Å². The summed E-state index contributed by atoms with van der Waals surface area (Å²) in [6, 6.07) is 14.1. The van der Waals surface area contributed by atoms with Crippen LogP contribution in [-0.4, -0.2) is 26.5 Å². The predicted octanol–water partition coefficient (Wildman–Crippen LogP) is 2.51. The fourth-order valence-corrected chi connectivity index (χ4v) is 2.98. The van der Waals surface area contributed by atoms with E-state index in [4.69, 9.17) is 5.84 Å². The molecule has 0 saturated carbocycles. The van der Waals surface area contributed by atoms with Gasteiger partial charge in [-0.3, -0.25) is 4.79 Å². The molecule has 0 atom stereocenters. The quantitative estimate of drug-likeness (QED) is 0.514. The third-order valence-electron chi connectivity index (χ3n) is 3.72. The zero-order valence-corrected chi connectivity index (χ0v) is 15.0. The molecule has 1 amide bonds. The maximum Gasteiger partial charge on any atom is 0.230 e. The van der Waals surface area contributed by atoms with Gasteiger partial charge in [0.05, 0.1) is 11.3 Å². The zero-order valence-electron chi connectivity index (χ0n) is 14.1. The fraction of sp³-hybridized carbons (Fsp3) is 0.167. The predicted molar refractivity (Wildman–Crippen MR) is 99.3 cm³/mol. The molecule has 0 radical (unpaired) electrons. The molecule has 0 bridgehead atoms. The smallest absolute Gasteiger partial charge is 0.230 e. The van der Waals surface area contributed by atoms with Crippen molar-refractivity contribution in [1.82, 2.24) is 20.2 Å². The Labute approximate surface area is 154 Å². The van der Waals surface area contributed by atoms with Crippen molar-refractivity contribution in [2.45, 2.75) is 18.6 Å². The molecule has 0 unspecified atom stereocenters. The number of benzene rings is 2. The van der Waals surface area contributed by atoms with Gasteiger partial charge in [0.15, 0.2) is 5.82 Å². The van der Waals surface area contributed by atoms with Crippen molar-refractivity contribution < 1.29 is 9.18 Å². The average Bonchev–Trinajstić information content (AvgIpc) is 3.00. The van der Waals surface area contributed by atoms with Gasteiger partial charge < -0.3 is 11.2 Å². The van der Waals surface area contributed by atoms with Crippen molar-refractivity contribution in [2.75, 3.05) is 11.6 Å². The number of nitrogens with one attached hydrogen (secondary N) is 1. The number of aryl methyl sites for hydroxylation is 1. The first-order chi connectivity index (χ1) is 12.5. The van der Waals surface area contributed by atoms with Crippen LogP contribution < -0.4 is 11.2 Å². The number of nitrogen functional groups attached to an aromatic ring is 1. The minimum absolute atomic E-state index is 0.137. The van der Waals surface area contributed by atoms with Crippen molar-refractivity contribution >= 4 is 17.7 Å². The minimum Gasteiger partial charge on any atom is -0.351 e. The number of hydrogen-bond acceptors (Lipinski definition) is 5. The lowest BCUT2D eigenvalue weighted by molar-refractivity contribution is -0.118. The molecular formula is C18H18FN5OS. The van der Waals surface area contributed by atoms with Crippen molar-refractivity contribution in [1.29, 1.82) is 0 Å². The molecule has 3 aromatic rings. The largest absolute Gasteiger partial charge is 0.351 e. The Bertz CT molecular complexity index is 910. The number of carbonyl (C=O) groups excluding carboxylic acids is 1. The molecule has 0 fully saturated rings. The van der Waals surface area contributed by atoms with Crippen LogP contribution in [0.1, 0.15) is 11.1 Å². The number of nitrogens with two attached hydrogens (primary N) is 1. The van der Waals surface area contributed by atoms with Gasteiger partial charge in [0, 0.05) is 6.54 Å². The van der Waals surface area contributed by atoms with Crippen LogP contribution in [0.3, 0.4) is 0 Å². The van der Waals surface area contributed by atoms with Crippen molar-refractivity contribution in [3.05, 3.63) is 65.5 Å². The Morgan fingerprint density at radius 3 is 2.65 bits per heavy atom. The molecule has 0 spiro atoms. The lowest BCUT2D eigenvalue weighted by Crippen LogP contribution is -2.25. The van der Waals surface area contributed by atoms with Gasteiger partial charge in [-0.1, -0.05) is 53.7 Å². The van der Waals surface area contributed by atoms with Gasteiger partial charge in [0.1, 0.15) is 5.82 Å². The van der Waals surface area contributed by atoms with E-state index in [9.17, 15) is 9.18 Å². The number of amides is 1. The lowest BCUT2D eigenvalue weighted by atomic mass is 10.1. The third-order valence-corrected chi connectivity index (χ3v) is 4.67.